The van der Waals surface area contributed by atoms with E-state index in [1.54, 1.807) is 6.07 Å². The number of nitrogens with two attached hydrogens (primary N) is 1. The highest BCUT2D eigenvalue weighted by Crippen LogP contribution is 2.17. The molecule has 2 rings (SSSR count). The molecule has 1 unspecified atom stereocenters. The first-order chi connectivity index (χ1) is 8.16. The van der Waals surface area contributed by atoms with E-state index in [2.05, 4.69) is 4.90 Å². The van der Waals surface area contributed by atoms with E-state index in [1.807, 2.05) is 19.1 Å². The summed E-state index contributed by atoms with van der Waals surface area (Å²) < 4.78 is 19.1. The maximum atomic E-state index is 13.9. The van der Waals surface area contributed by atoms with Crippen molar-refractivity contribution in [2.45, 2.75) is 19.5 Å². The molecular formula is C13H19FN2O. The van der Waals surface area contributed by atoms with Crippen LogP contribution in [0.15, 0.2) is 18.2 Å². The van der Waals surface area contributed by atoms with Gasteiger partial charge in [-0.05, 0) is 18.6 Å². The quantitative estimate of drug-likeness (QED) is 0.870. The number of nitrogens with zero attached hydrogens (tertiary/aromatic N) is 1. The molecule has 1 saturated heterocycles. The smallest absolute Gasteiger partial charge is 0.128 e. The first kappa shape index (κ1) is 12.5. The van der Waals surface area contributed by atoms with Crippen LogP contribution in [0.3, 0.4) is 0 Å². The van der Waals surface area contributed by atoms with Crippen LogP contribution in [0, 0.1) is 5.82 Å². The summed E-state index contributed by atoms with van der Waals surface area (Å²) in [5.41, 5.74) is 7.30. The molecule has 1 fully saturated rings. The number of hydrogen-bond acceptors (Lipinski definition) is 3. The fraction of sp³-hybridized carbons (Fsp3) is 0.538. The van der Waals surface area contributed by atoms with Gasteiger partial charge in [0.2, 0.25) is 0 Å². The number of morpholine rings is 1. The van der Waals surface area contributed by atoms with E-state index in [-0.39, 0.29) is 11.9 Å². The summed E-state index contributed by atoms with van der Waals surface area (Å²) in [7, 11) is 0. The molecule has 0 spiro atoms. The second-order valence-corrected chi connectivity index (χ2v) is 4.53. The van der Waals surface area contributed by atoms with E-state index in [0.717, 1.165) is 37.4 Å². The van der Waals surface area contributed by atoms with Gasteiger partial charge in [0, 0.05) is 31.2 Å². The van der Waals surface area contributed by atoms with E-state index in [4.69, 9.17) is 10.5 Å². The monoisotopic (exact) mass is 238 g/mol. The lowest BCUT2D eigenvalue weighted by Gasteiger charge is -2.26. The largest absolute Gasteiger partial charge is 0.379 e. The normalized spacial score (nSPS) is 19.2. The highest BCUT2D eigenvalue weighted by Gasteiger charge is 2.13. The molecular weight excluding hydrogens is 219 g/mol. The molecule has 1 heterocycles. The third-order valence-electron chi connectivity index (χ3n) is 3.10. The molecule has 4 heteroatoms. The minimum atomic E-state index is -0.161. The Labute approximate surface area is 101 Å². The van der Waals surface area contributed by atoms with Crippen LogP contribution < -0.4 is 5.73 Å². The van der Waals surface area contributed by atoms with Gasteiger partial charge in [0.15, 0.2) is 0 Å². The molecule has 1 aromatic carbocycles. The topological polar surface area (TPSA) is 38.5 Å². The maximum absolute atomic E-state index is 13.9. The maximum Gasteiger partial charge on any atom is 0.128 e. The Morgan fingerprint density at radius 1 is 1.41 bits per heavy atom. The average molecular weight is 238 g/mol. The summed E-state index contributed by atoms with van der Waals surface area (Å²) in [6, 6.07) is 5.16. The Hall–Kier alpha value is -0.970. The molecule has 0 aliphatic carbocycles. The van der Waals surface area contributed by atoms with Gasteiger partial charge in [-0.1, -0.05) is 12.1 Å². The number of ether oxygens (including phenoxy) is 1. The van der Waals surface area contributed by atoms with Gasteiger partial charge in [-0.15, -0.1) is 0 Å². The Balaban J connectivity index is 2.05. The molecule has 0 aromatic heterocycles. The van der Waals surface area contributed by atoms with Crippen molar-refractivity contribution in [3.63, 3.8) is 0 Å². The van der Waals surface area contributed by atoms with E-state index < -0.39 is 0 Å². The van der Waals surface area contributed by atoms with E-state index >= 15 is 0 Å². The predicted octanol–water partition coefficient (Wildman–Crippen LogP) is 1.68. The van der Waals surface area contributed by atoms with Crippen LogP contribution in [-0.4, -0.2) is 31.2 Å². The van der Waals surface area contributed by atoms with Crippen molar-refractivity contribution in [2.24, 2.45) is 5.73 Å². The summed E-state index contributed by atoms with van der Waals surface area (Å²) in [5, 5.41) is 0. The first-order valence-corrected chi connectivity index (χ1v) is 6.01. The fourth-order valence-corrected chi connectivity index (χ4v) is 1.98. The van der Waals surface area contributed by atoms with Crippen LogP contribution in [0.1, 0.15) is 24.1 Å². The highest BCUT2D eigenvalue weighted by molar-refractivity contribution is 5.26. The molecule has 0 radical (unpaired) electrons. The lowest BCUT2D eigenvalue weighted by atomic mass is 10.1. The zero-order valence-corrected chi connectivity index (χ0v) is 10.2. The molecule has 94 valence electrons. The van der Waals surface area contributed by atoms with Crippen LogP contribution in [0.4, 0.5) is 4.39 Å². The van der Waals surface area contributed by atoms with Gasteiger partial charge in [0.1, 0.15) is 5.82 Å². The van der Waals surface area contributed by atoms with E-state index in [0.29, 0.717) is 6.54 Å². The number of halogens is 1. The predicted molar refractivity (Wildman–Crippen MR) is 65.1 cm³/mol. The van der Waals surface area contributed by atoms with Crippen molar-refractivity contribution < 1.29 is 9.13 Å². The Morgan fingerprint density at radius 3 is 2.71 bits per heavy atom. The van der Waals surface area contributed by atoms with E-state index in [9.17, 15) is 4.39 Å². The van der Waals surface area contributed by atoms with Crippen molar-refractivity contribution >= 4 is 0 Å². The summed E-state index contributed by atoms with van der Waals surface area (Å²) in [6.07, 6.45) is 0. The minimum absolute atomic E-state index is 0.123. The van der Waals surface area contributed by atoms with Crippen molar-refractivity contribution in [1.29, 1.82) is 0 Å². The highest BCUT2D eigenvalue weighted by atomic mass is 19.1. The Morgan fingerprint density at radius 2 is 2.12 bits per heavy atom. The SMILES string of the molecule is CC(N)c1ccc(CN2CCOCC2)c(F)c1. The number of benzene rings is 1. The molecule has 0 bridgehead atoms. The van der Waals surface area contributed by atoms with Gasteiger partial charge in [-0.2, -0.15) is 0 Å². The van der Waals surface area contributed by atoms with Gasteiger partial charge in [-0.25, -0.2) is 4.39 Å². The van der Waals surface area contributed by atoms with Gasteiger partial charge < -0.3 is 10.5 Å². The van der Waals surface area contributed by atoms with Gasteiger partial charge in [-0.3, -0.25) is 4.90 Å². The van der Waals surface area contributed by atoms with Gasteiger partial charge >= 0.3 is 0 Å². The molecule has 0 amide bonds. The molecule has 1 aliphatic rings. The average Bonchev–Trinajstić information content (AvgIpc) is 2.33. The second-order valence-electron chi connectivity index (χ2n) is 4.53. The fourth-order valence-electron chi connectivity index (χ4n) is 1.98. The number of hydrogen-bond donors (Lipinski definition) is 1. The van der Waals surface area contributed by atoms with Gasteiger partial charge in [0.25, 0.3) is 0 Å². The van der Waals surface area contributed by atoms with Crippen LogP contribution in [0.2, 0.25) is 0 Å². The van der Waals surface area contributed by atoms with Crippen LogP contribution in [0.25, 0.3) is 0 Å². The zero-order chi connectivity index (χ0) is 12.3. The van der Waals surface area contributed by atoms with Crippen LogP contribution >= 0.6 is 0 Å². The molecule has 1 aromatic rings. The molecule has 17 heavy (non-hydrogen) atoms. The molecule has 1 atom stereocenters. The van der Waals surface area contributed by atoms with Crippen molar-refractivity contribution in [1.82, 2.24) is 4.90 Å². The minimum Gasteiger partial charge on any atom is -0.379 e. The van der Waals surface area contributed by atoms with Crippen LogP contribution in [-0.2, 0) is 11.3 Å². The summed E-state index contributed by atoms with van der Waals surface area (Å²) in [5.74, 6) is -0.161. The summed E-state index contributed by atoms with van der Waals surface area (Å²) >= 11 is 0. The van der Waals surface area contributed by atoms with Gasteiger partial charge in [0.05, 0.1) is 13.2 Å². The third-order valence-corrected chi connectivity index (χ3v) is 3.10. The standard InChI is InChI=1S/C13H19FN2O/c1-10(15)11-2-3-12(13(14)8-11)9-16-4-6-17-7-5-16/h2-3,8,10H,4-7,9,15H2,1H3. The van der Waals surface area contributed by atoms with Crippen LogP contribution in [0.5, 0.6) is 0 Å². The molecule has 3 nitrogen and oxygen atoms in total. The lowest BCUT2D eigenvalue weighted by Crippen LogP contribution is -2.35. The molecule has 0 saturated carbocycles. The zero-order valence-electron chi connectivity index (χ0n) is 10.2. The first-order valence-electron chi connectivity index (χ1n) is 6.01. The summed E-state index contributed by atoms with van der Waals surface area (Å²) in [6.45, 7) is 5.72. The number of rotatable bonds is 3. The Kier molecular flexibility index (Phi) is 4.10. The molecule has 2 N–H and O–H groups in total. The Bertz CT molecular complexity index is 376. The van der Waals surface area contributed by atoms with Crippen molar-refractivity contribution in [2.75, 3.05) is 26.3 Å². The molecule has 1 aliphatic heterocycles. The van der Waals surface area contributed by atoms with Crippen molar-refractivity contribution in [3.8, 4) is 0 Å². The third kappa shape index (κ3) is 3.25. The lowest BCUT2D eigenvalue weighted by molar-refractivity contribution is 0.0337. The second kappa shape index (κ2) is 5.58. The van der Waals surface area contributed by atoms with Crippen molar-refractivity contribution in [3.05, 3.63) is 35.1 Å². The van der Waals surface area contributed by atoms with E-state index in [1.165, 1.54) is 0 Å². The summed E-state index contributed by atoms with van der Waals surface area (Å²) in [4.78, 5) is 2.20.